The lowest BCUT2D eigenvalue weighted by Gasteiger charge is -2.49. The van der Waals surface area contributed by atoms with Crippen LogP contribution in [0.3, 0.4) is 0 Å². The number of hydrogen-bond acceptors (Lipinski definition) is 2. The van der Waals surface area contributed by atoms with E-state index in [-0.39, 0.29) is 0 Å². The van der Waals surface area contributed by atoms with Crippen LogP contribution < -0.4 is 5.73 Å². The summed E-state index contributed by atoms with van der Waals surface area (Å²) in [5, 5.41) is 9.73. The van der Waals surface area contributed by atoms with Crippen LogP contribution in [-0.2, 0) is 0 Å². The van der Waals surface area contributed by atoms with Gasteiger partial charge in [0.05, 0.1) is 0 Å². The fourth-order valence-electron chi connectivity index (χ4n) is 3.72. The number of hydrogen-bond donors (Lipinski definition) is 2. The van der Waals surface area contributed by atoms with Gasteiger partial charge in [-0.2, -0.15) is 0 Å². The first-order valence-corrected chi connectivity index (χ1v) is 4.94. The Labute approximate surface area is 74.1 Å². The largest absolute Gasteiger partial charge is 0.376 e. The second-order valence-corrected chi connectivity index (χ2v) is 5.06. The molecule has 2 heteroatoms. The van der Waals surface area contributed by atoms with Crippen LogP contribution in [-0.4, -0.2) is 10.8 Å². The van der Waals surface area contributed by atoms with Crippen LogP contribution >= 0.6 is 0 Å². The van der Waals surface area contributed by atoms with E-state index in [1.54, 1.807) is 6.92 Å². The Kier molecular flexibility index (Phi) is 1.59. The fraction of sp³-hybridized carbons (Fsp3) is 1.00. The Morgan fingerprint density at radius 3 is 2.17 bits per heavy atom. The number of nitrogens with two attached hydrogens (primary N) is 1. The smallest absolute Gasteiger partial charge is 0.114 e. The Balaban J connectivity index is 2.16. The summed E-state index contributed by atoms with van der Waals surface area (Å²) in [6.07, 6.45) is 1.27. The Bertz CT molecular complexity index is 193. The molecular formula is C10H19NO. The number of fused-ring (bicyclic) bond motifs is 1. The van der Waals surface area contributed by atoms with Crippen molar-refractivity contribution in [3.05, 3.63) is 0 Å². The van der Waals surface area contributed by atoms with Gasteiger partial charge in [0.25, 0.3) is 0 Å². The summed E-state index contributed by atoms with van der Waals surface area (Å²) in [4.78, 5) is 0. The average molecular weight is 169 g/mol. The minimum absolute atomic E-state index is 0.363. The molecule has 3 saturated carbocycles. The highest BCUT2D eigenvalue weighted by Gasteiger charge is 2.61. The van der Waals surface area contributed by atoms with Crippen LogP contribution in [0.4, 0.5) is 0 Å². The van der Waals surface area contributed by atoms with Gasteiger partial charge in [0.1, 0.15) is 5.72 Å². The molecule has 0 heterocycles. The predicted molar refractivity (Wildman–Crippen MR) is 48.2 cm³/mol. The van der Waals surface area contributed by atoms with Gasteiger partial charge in [-0.05, 0) is 37.0 Å². The molecule has 3 aliphatic carbocycles. The Morgan fingerprint density at radius 2 is 2.00 bits per heavy atom. The molecule has 0 saturated heterocycles. The lowest BCUT2D eigenvalue weighted by molar-refractivity contribution is -0.110. The van der Waals surface area contributed by atoms with Crippen molar-refractivity contribution < 1.29 is 5.11 Å². The third-order valence-corrected chi connectivity index (χ3v) is 4.13. The molecular weight excluding hydrogens is 150 g/mol. The van der Waals surface area contributed by atoms with E-state index in [2.05, 4.69) is 13.8 Å². The van der Waals surface area contributed by atoms with Crippen LogP contribution in [0.5, 0.6) is 0 Å². The molecule has 0 aromatic rings. The molecule has 3 N–H and O–H groups in total. The van der Waals surface area contributed by atoms with Gasteiger partial charge >= 0.3 is 0 Å². The van der Waals surface area contributed by atoms with Crippen molar-refractivity contribution in [2.24, 2.45) is 35.3 Å². The molecule has 70 valence electrons. The molecule has 6 atom stereocenters. The zero-order valence-corrected chi connectivity index (χ0v) is 8.12. The molecule has 0 spiro atoms. The molecule has 0 aromatic heterocycles. The molecule has 3 fully saturated rings. The van der Waals surface area contributed by atoms with Crippen LogP contribution in [0, 0.1) is 29.6 Å². The van der Waals surface area contributed by atoms with E-state index in [0.717, 1.165) is 11.8 Å². The van der Waals surface area contributed by atoms with Crippen LogP contribution in [0.2, 0.25) is 0 Å². The lowest BCUT2D eigenvalue weighted by atomic mass is 9.59. The topological polar surface area (TPSA) is 46.2 Å². The first-order chi connectivity index (χ1) is 5.43. The Hall–Kier alpha value is -0.0800. The zero-order valence-electron chi connectivity index (χ0n) is 8.12. The Morgan fingerprint density at radius 1 is 1.42 bits per heavy atom. The molecule has 3 aliphatic rings. The molecule has 2 bridgehead atoms. The average Bonchev–Trinajstić information content (AvgIpc) is 2.36. The summed E-state index contributed by atoms with van der Waals surface area (Å²) >= 11 is 0. The van der Waals surface area contributed by atoms with Crippen molar-refractivity contribution in [2.75, 3.05) is 0 Å². The quantitative estimate of drug-likeness (QED) is 0.579. The van der Waals surface area contributed by atoms with E-state index in [1.165, 1.54) is 6.42 Å². The van der Waals surface area contributed by atoms with Crippen LogP contribution in [0.1, 0.15) is 27.2 Å². The molecule has 0 aromatic carbocycles. The molecule has 0 aliphatic heterocycles. The normalized spacial score (nSPS) is 56.2. The molecule has 0 amide bonds. The summed E-state index contributed by atoms with van der Waals surface area (Å²) in [5.41, 5.74) is 4.80. The van der Waals surface area contributed by atoms with Crippen molar-refractivity contribution >= 4 is 0 Å². The van der Waals surface area contributed by atoms with Gasteiger partial charge in [-0.15, -0.1) is 0 Å². The third-order valence-electron chi connectivity index (χ3n) is 4.13. The van der Waals surface area contributed by atoms with Crippen molar-refractivity contribution in [1.82, 2.24) is 0 Å². The van der Waals surface area contributed by atoms with E-state index in [9.17, 15) is 5.11 Å². The van der Waals surface area contributed by atoms with Crippen molar-refractivity contribution in [3.63, 3.8) is 0 Å². The fourth-order valence-corrected chi connectivity index (χ4v) is 3.72. The predicted octanol–water partition coefficient (Wildman–Crippen LogP) is 1.19. The van der Waals surface area contributed by atoms with Gasteiger partial charge in [0.2, 0.25) is 0 Å². The molecule has 3 unspecified atom stereocenters. The molecule has 2 nitrogen and oxygen atoms in total. The number of aliphatic hydroxyl groups is 1. The maximum absolute atomic E-state index is 9.73. The van der Waals surface area contributed by atoms with Gasteiger partial charge < -0.3 is 10.8 Å². The molecule has 12 heavy (non-hydrogen) atoms. The first kappa shape index (κ1) is 8.52. The lowest BCUT2D eigenvalue weighted by Crippen LogP contribution is -2.57. The van der Waals surface area contributed by atoms with E-state index in [4.69, 9.17) is 5.73 Å². The maximum Gasteiger partial charge on any atom is 0.114 e. The molecule has 3 rings (SSSR count). The maximum atomic E-state index is 9.73. The third kappa shape index (κ3) is 0.882. The second-order valence-electron chi connectivity index (χ2n) is 5.06. The summed E-state index contributed by atoms with van der Waals surface area (Å²) in [6.45, 7) is 6.33. The summed E-state index contributed by atoms with van der Waals surface area (Å²) in [7, 11) is 0. The van der Waals surface area contributed by atoms with Crippen molar-refractivity contribution in [2.45, 2.75) is 32.9 Å². The minimum atomic E-state index is -0.938. The van der Waals surface area contributed by atoms with E-state index in [0.29, 0.717) is 17.8 Å². The highest BCUT2D eigenvalue weighted by molar-refractivity contribution is 5.08. The van der Waals surface area contributed by atoms with Gasteiger partial charge in [0, 0.05) is 5.92 Å². The van der Waals surface area contributed by atoms with E-state index < -0.39 is 5.72 Å². The summed E-state index contributed by atoms with van der Waals surface area (Å²) in [5.74, 6) is 3.28. The van der Waals surface area contributed by atoms with Crippen LogP contribution in [0.25, 0.3) is 0 Å². The van der Waals surface area contributed by atoms with E-state index in [1.807, 2.05) is 0 Å². The highest BCUT2D eigenvalue weighted by Crippen LogP contribution is 2.62. The second kappa shape index (κ2) is 2.24. The summed E-state index contributed by atoms with van der Waals surface area (Å²) < 4.78 is 0. The van der Waals surface area contributed by atoms with Gasteiger partial charge in [0.15, 0.2) is 0 Å². The van der Waals surface area contributed by atoms with Gasteiger partial charge in [-0.1, -0.05) is 13.8 Å². The summed E-state index contributed by atoms with van der Waals surface area (Å²) in [6, 6.07) is 0. The highest BCUT2D eigenvalue weighted by atomic mass is 16.3. The standard InChI is InChI=1S/C10H19NO/c1-5-4-7-6(2)8(5)9(7)10(3,11)12/h5-9,12H,4,11H2,1-3H3/t5-,6-,7?,8?,9+,10?/m1/s1. The monoisotopic (exact) mass is 169 g/mol. The van der Waals surface area contributed by atoms with E-state index >= 15 is 0 Å². The van der Waals surface area contributed by atoms with Gasteiger partial charge in [-0.25, -0.2) is 0 Å². The van der Waals surface area contributed by atoms with Gasteiger partial charge in [-0.3, -0.25) is 0 Å². The zero-order chi connectivity index (χ0) is 9.09. The van der Waals surface area contributed by atoms with Crippen molar-refractivity contribution in [1.29, 1.82) is 0 Å². The first-order valence-electron chi connectivity index (χ1n) is 4.94. The van der Waals surface area contributed by atoms with Crippen molar-refractivity contribution in [3.8, 4) is 0 Å². The SMILES string of the molecule is C[C@@H]1C2C[C@@H](C)C1[C@H]2C(C)(N)O. The minimum Gasteiger partial charge on any atom is -0.376 e. The molecule has 0 radical (unpaired) electrons. The number of rotatable bonds is 1. The van der Waals surface area contributed by atoms with Crippen LogP contribution in [0.15, 0.2) is 0 Å².